The largest absolute Gasteiger partial charge is 0.357 e. The van der Waals surface area contributed by atoms with Crippen LogP contribution < -0.4 is 10.0 Å². The van der Waals surface area contributed by atoms with Crippen LogP contribution in [0.1, 0.15) is 12.5 Å². The molecule has 2 aromatic carbocycles. The number of sulfonamides is 1. The summed E-state index contributed by atoms with van der Waals surface area (Å²) in [5, 5.41) is 14.0. The lowest BCUT2D eigenvalue weighted by atomic mass is 10.2. The molecule has 0 bridgehead atoms. The van der Waals surface area contributed by atoms with Gasteiger partial charge in [0.25, 0.3) is 5.69 Å². The van der Waals surface area contributed by atoms with E-state index >= 15 is 0 Å². The van der Waals surface area contributed by atoms with Gasteiger partial charge >= 0.3 is 0 Å². The first-order chi connectivity index (χ1) is 13.8. The second-order valence-electron chi connectivity index (χ2n) is 6.23. The third-order valence-electron chi connectivity index (χ3n) is 3.96. The lowest BCUT2D eigenvalue weighted by Crippen LogP contribution is -2.39. The summed E-state index contributed by atoms with van der Waals surface area (Å²) in [4.78, 5) is 16.5. The van der Waals surface area contributed by atoms with Gasteiger partial charge in [-0.05, 0) is 18.6 Å². The highest BCUT2D eigenvalue weighted by molar-refractivity contribution is 7.89. The minimum absolute atomic E-state index is 0.0685. The quantitative estimate of drug-likeness (QED) is 0.211. The van der Waals surface area contributed by atoms with Crippen LogP contribution >= 0.6 is 0 Å². The SMILES string of the molecule is CCNC(=NCCNS(=O)(=O)c1cccc([N+](=O)[O-])c1)N(C)Cc1ccccc1. The van der Waals surface area contributed by atoms with Crippen molar-refractivity contribution < 1.29 is 13.3 Å². The van der Waals surface area contributed by atoms with Gasteiger partial charge < -0.3 is 10.2 Å². The highest BCUT2D eigenvalue weighted by Crippen LogP contribution is 2.16. The minimum Gasteiger partial charge on any atom is -0.357 e. The standard InChI is InChI=1S/C19H25N5O4S/c1-3-20-19(23(2)15-16-8-5-4-6-9-16)21-12-13-22-29(27,28)18-11-7-10-17(14-18)24(25)26/h4-11,14,22H,3,12-13,15H2,1-2H3,(H,20,21). The van der Waals surface area contributed by atoms with E-state index in [0.717, 1.165) is 11.6 Å². The number of hydrogen-bond donors (Lipinski definition) is 2. The second kappa shape index (κ2) is 10.5. The molecule has 0 heterocycles. The first kappa shape index (κ1) is 22.3. The van der Waals surface area contributed by atoms with E-state index < -0.39 is 14.9 Å². The van der Waals surface area contributed by atoms with Gasteiger partial charge in [0.05, 0.1) is 16.4 Å². The van der Waals surface area contributed by atoms with Crippen LogP contribution in [0.3, 0.4) is 0 Å². The molecule has 10 heteroatoms. The van der Waals surface area contributed by atoms with Crippen molar-refractivity contribution in [1.82, 2.24) is 14.9 Å². The lowest BCUT2D eigenvalue weighted by molar-refractivity contribution is -0.385. The second-order valence-corrected chi connectivity index (χ2v) is 8.00. The Kier molecular flexibility index (Phi) is 8.10. The summed E-state index contributed by atoms with van der Waals surface area (Å²) < 4.78 is 27.1. The smallest absolute Gasteiger partial charge is 0.270 e. The number of aliphatic imine (C=N–C) groups is 1. The van der Waals surface area contributed by atoms with Gasteiger partial charge in [-0.2, -0.15) is 0 Å². The average molecular weight is 420 g/mol. The Labute approximate surface area is 170 Å². The Morgan fingerprint density at radius 3 is 2.55 bits per heavy atom. The summed E-state index contributed by atoms with van der Waals surface area (Å²) in [6.45, 7) is 3.58. The number of benzene rings is 2. The van der Waals surface area contributed by atoms with Crippen molar-refractivity contribution in [3.63, 3.8) is 0 Å². The Morgan fingerprint density at radius 1 is 1.17 bits per heavy atom. The van der Waals surface area contributed by atoms with Crippen molar-refractivity contribution in [2.75, 3.05) is 26.7 Å². The average Bonchev–Trinajstić information content (AvgIpc) is 2.71. The molecule has 0 fully saturated rings. The van der Waals surface area contributed by atoms with Crippen LogP contribution in [-0.2, 0) is 16.6 Å². The maximum atomic E-state index is 12.3. The lowest BCUT2D eigenvalue weighted by Gasteiger charge is -2.22. The van der Waals surface area contributed by atoms with Gasteiger partial charge in [0.1, 0.15) is 0 Å². The summed E-state index contributed by atoms with van der Waals surface area (Å²) >= 11 is 0. The Hall–Kier alpha value is -2.98. The van der Waals surface area contributed by atoms with Gasteiger partial charge in [0.15, 0.2) is 5.96 Å². The van der Waals surface area contributed by atoms with Crippen LogP contribution in [0.25, 0.3) is 0 Å². The normalized spacial score (nSPS) is 11.9. The van der Waals surface area contributed by atoms with Crippen molar-refractivity contribution in [2.24, 2.45) is 4.99 Å². The topological polar surface area (TPSA) is 117 Å². The number of nitro groups is 1. The summed E-state index contributed by atoms with van der Waals surface area (Å²) in [6.07, 6.45) is 0. The predicted molar refractivity (Wildman–Crippen MR) is 112 cm³/mol. The Bertz CT molecular complexity index is 948. The number of nitrogens with zero attached hydrogens (tertiary/aromatic N) is 3. The molecule has 29 heavy (non-hydrogen) atoms. The molecular weight excluding hydrogens is 394 g/mol. The van der Waals surface area contributed by atoms with Gasteiger partial charge in [-0.25, -0.2) is 13.1 Å². The minimum atomic E-state index is -3.85. The van der Waals surface area contributed by atoms with Crippen molar-refractivity contribution in [3.8, 4) is 0 Å². The summed E-state index contributed by atoms with van der Waals surface area (Å²) in [7, 11) is -1.95. The molecule has 0 saturated heterocycles. The van der Waals surface area contributed by atoms with E-state index in [1.54, 1.807) is 0 Å². The molecule has 2 rings (SSSR count). The highest BCUT2D eigenvalue weighted by Gasteiger charge is 2.17. The van der Waals surface area contributed by atoms with Gasteiger partial charge in [-0.3, -0.25) is 15.1 Å². The van der Waals surface area contributed by atoms with E-state index in [-0.39, 0.29) is 23.7 Å². The first-order valence-electron chi connectivity index (χ1n) is 9.11. The molecule has 0 atom stereocenters. The number of guanidine groups is 1. The van der Waals surface area contributed by atoms with Crippen LogP contribution in [0.15, 0.2) is 64.5 Å². The maximum Gasteiger partial charge on any atom is 0.270 e. The molecule has 9 nitrogen and oxygen atoms in total. The van der Waals surface area contributed by atoms with Crippen molar-refractivity contribution in [3.05, 3.63) is 70.3 Å². The van der Waals surface area contributed by atoms with E-state index in [0.29, 0.717) is 19.0 Å². The molecule has 0 saturated carbocycles. The number of rotatable bonds is 9. The molecule has 0 radical (unpaired) electrons. The zero-order chi connectivity index (χ0) is 21.3. The van der Waals surface area contributed by atoms with Crippen molar-refractivity contribution >= 4 is 21.7 Å². The van der Waals surface area contributed by atoms with E-state index in [4.69, 9.17) is 0 Å². The van der Waals surface area contributed by atoms with Crippen LogP contribution in [-0.4, -0.2) is 50.9 Å². The fraction of sp³-hybridized carbons (Fsp3) is 0.316. The molecule has 0 aliphatic rings. The molecule has 0 aromatic heterocycles. The number of hydrogen-bond acceptors (Lipinski definition) is 5. The van der Waals surface area contributed by atoms with E-state index in [1.807, 2.05) is 49.2 Å². The van der Waals surface area contributed by atoms with Gasteiger partial charge in [-0.1, -0.05) is 36.4 Å². The molecule has 0 spiro atoms. The number of nitro benzene ring substituents is 1. The summed E-state index contributed by atoms with van der Waals surface area (Å²) in [6, 6.07) is 14.9. The zero-order valence-corrected chi connectivity index (χ0v) is 17.2. The summed E-state index contributed by atoms with van der Waals surface area (Å²) in [5.41, 5.74) is 0.856. The highest BCUT2D eigenvalue weighted by atomic mass is 32.2. The van der Waals surface area contributed by atoms with Crippen LogP contribution in [0.2, 0.25) is 0 Å². The number of nitrogens with one attached hydrogen (secondary N) is 2. The first-order valence-corrected chi connectivity index (χ1v) is 10.6. The molecule has 0 aliphatic heterocycles. The van der Waals surface area contributed by atoms with Gasteiger partial charge in [0.2, 0.25) is 10.0 Å². The summed E-state index contributed by atoms with van der Waals surface area (Å²) in [5.74, 6) is 0.658. The number of non-ortho nitro benzene ring substituents is 1. The van der Waals surface area contributed by atoms with Crippen molar-refractivity contribution in [1.29, 1.82) is 0 Å². The molecule has 2 N–H and O–H groups in total. The van der Waals surface area contributed by atoms with E-state index in [9.17, 15) is 18.5 Å². The molecule has 2 aromatic rings. The fourth-order valence-corrected chi connectivity index (χ4v) is 3.65. The molecule has 0 unspecified atom stereocenters. The molecule has 0 amide bonds. The zero-order valence-electron chi connectivity index (χ0n) is 16.4. The van der Waals surface area contributed by atoms with E-state index in [1.165, 1.54) is 18.2 Å². The van der Waals surface area contributed by atoms with Crippen molar-refractivity contribution in [2.45, 2.75) is 18.4 Å². The Morgan fingerprint density at radius 2 is 1.90 bits per heavy atom. The molecule has 0 aliphatic carbocycles. The van der Waals surface area contributed by atoms with Crippen LogP contribution in [0.4, 0.5) is 5.69 Å². The predicted octanol–water partition coefficient (Wildman–Crippen LogP) is 1.97. The third-order valence-corrected chi connectivity index (χ3v) is 5.42. The van der Waals surface area contributed by atoms with Crippen LogP contribution in [0, 0.1) is 10.1 Å². The fourth-order valence-electron chi connectivity index (χ4n) is 2.59. The third kappa shape index (κ3) is 6.84. The van der Waals surface area contributed by atoms with E-state index in [2.05, 4.69) is 15.0 Å². The van der Waals surface area contributed by atoms with Crippen LogP contribution in [0.5, 0.6) is 0 Å². The van der Waals surface area contributed by atoms with Gasteiger partial charge in [0, 0.05) is 38.8 Å². The van der Waals surface area contributed by atoms with Gasteiger partial charge in [-0.15, -0.1) is 0 Å². The Balaban J connectivity index is 1.98. The maximum absolute atomic E-state index is 12.3. The molecular formula is C19H25N5O4S. The molecule has 156 valence electrons. The monoisotopic (exact) mass is 419 g/mol.